The van der Waals surface area contributed by atoms with E-state index in [2.05, 4.69) is 10.1 Å². The van der Waals surface area contributed by atoms with Gasteiger partial charge in [0.05, 0.1) is 22.3 Å². The van der Waals surface area contributed by atoms with Gasteiger partial charge in [-0.15, -0.1) is 0 Å². The van der Waals surface area contributed by atoms with Crippen LogP contribution in [0.25, 0.3) is 22.4 Å². The second kappa shape index (κ2) is 7.12. The molecule has 142 valence electrons. The summed E-state index contributed by atoms with van der Waals surface area (Å²) in [5.41, 5.74) is 10.0. The van der Waals surface area contributed by atoms with Gasteiger partial charge >= 0.3 is 0 Å². The number of nitrogens with zero attached hydrogens (tertiary/aromatic N) is 3. The van der Waals surface area contributed by atoms with E-state index < -0.39 is 0 Å². The van der Waals surface area contributed by atoms with E-state index in [0.717, 1.165) is 11.1 Å². The van der Waals surface area contributed by atoms with Crippen LogP contribution in [0, 0.1) is 19.3 Å². The SMILES string of the molecule is Cc1ccc(-c2cc(C(=O)N(C)CC(C)(C)CN)c3c(C)noc3n2)cc1. The monoisotopic (exact) mass is 366 g/mol. The van der Waals surface area contributed by atoms with E-state index in [9.17, 15) is 4.79 Å². The number of carbonyl (C=O) groups excluding carboxylic acids is 1. The molecule has 27 heavy (non-hydrogen) atoms. The van der Waals surface area contributed by atoms with Crippen molar-refractivity contribution >= 4 is 17.0 Å². The lowest BCUT2D eigenvalue weighted by Gasteiger charge is -2.29. The maximum Gasteiger partial charge on any atom is 0.259 e. The summed E-state index contributed by atoms with van der Waals surface area (Å²) in [5, 5.41) is 4.67. The highest BCUT2D eigenvalue weighted by Gasteiger charge is 2.25. The number of nitrogens with two attached hydrogens (primary N) is 1. The summed E-state index contributed by atoms with van der Waals surface area (Å²) in [4.78, 5) is 19.5. The summed E-state index contributed by atoms with van der Waals surface area (Å²) < 4.78 is 5.38. The molecule has 0 saturated carbocycles. The molecule has 0 bridgehead atoms. The highest BCUT2D eigenvalue weighted by Crippen LogP contribution is 2.28. The third-order valence-electron chi connectivity index (χ3n) is 4.76. The van der Waals surface area contributed by atoms with Gasteiger partial charge in [-0.2, -0.15) is 0 Å². The second-order valence-electron chi connectivity index (χ2n) is 7.90. The second-order valence-corrected chi connectivity index (χ2v) is 7.90. The molecular formula is C21H26N4O2. The Balaban J connectivity index is 2.09. The molecule has 2 heterocycles. The van der Waals surface area contributed by atoms with E-state index in [0.29, 0.717) is 41.1 Å². The summed E-state index contributed by atoms with van der Waals surface area (Å²) >= 11 is 0. The summed E-state index contributed by atoms with van der Waals surface area (Å²) in [6, 6.07) is 9.84. The van der Waals surface area contributed by atoms with Gasteiger partial charge in [-0.3, -0.25) is 4.79 Å². The van der Waals surface area contributed by atoms with Crippen molar-refractivity contribution in [3.63, 3.8) is 0 Å². The minimum Gasteiger partial charge on any atom is -0.341 e. The lowest BCUT2D eigenvalue weighted by Crippen LogP contribution is -2.39. The van der Waals surface area contributed by atoms with Crippen LogP contribution in [0.2, 0.25) is 0 Å². The summed E-state index contributed by atoms with van der Waals surface area (Å²) in [6.07, 6.45) is 0. The topological polar surface area (TPSA) is 85.2 Å². The molecule has 0 saturated heterocycles. The van der Waals surface area contributed by atoms with E-state index in [-0.39, 0.29) is 11.3 Å². The van der Waals surface area contributed by atoms with E-state index in [1.165, 1.54) is 0 Å². The largest absolute Gasteiger partial charge is 0.341 e. The van der Waals surface area contributed by atoms with Crippen LogP contribution < -0.4 is 5.73 Å². The molecule has 2 N–H and O–H groups in total. The maximum atomic E-state index is 13.2. The summed E-state index contributed by atoms with van der Waals surface area (Å²) in [7, 11) is 1.79. The van der Waals surface area contributed by atoms with Gasteiger partial charge in [0.15, 0.2) is 0 Å². The molecule has 0 spiro atoms. The average Bonchev–Trinajstić information content (AvgIpc) is 3.01. The molecular weight excluding hydrogens is 340 g/mol. The quantitative estimate of drug-likeness (QED) is 0.746. The molecule has 0 aliphatic carbocycles. The standard InChI is InChI=1S/C21H26N4O2/c1-13-6-8-15(9-7-13)17-10-16(18-14(2)24-27-19(18)23-17)20(26)25(5)12-21(3,4)11-22/h6-10H,11-12,22H2,1-5H3. The molecule has 0 atom stereocenters. The van der Waals surface area contributed by atoms with Gasteiger partial charge in [-0.1, -0.05) is 48.8 Å². The average molecular weight is 366 g/mol. The molecule has 0 aliphatic heterocycles. The van der Waals surface area contributed by atoms with Gasteiger partial charge < -0.3 is 15.2 Å². The first-order valence-electron chi connectivity index (χ1n) is 9.01. The molecule has 3 aromatic rings. The summed E-state index contributed by atoms with van der Waals surface area (Å²) in [6.45, 7) is 8.99. The molecule has 0 radical (unpaired) electrons. The number of hydrogen-bond acceptors (Lipinski definition) is 5. The minimum absolute atomic E-state index is 0.0939. The Hall–Kier alpha value is -2.73. The molecule has 1 aromatic carbocycles. The minimum atomic E-state index is -0.167. The van der Waals surface area contributed by atoms with Crippen molar-refractivity contribution < 1.29 is 9.32 Å². The predicted molar refractivity (Wildman–Crippen MR) is 107 cm³/mol. The van der Waals surface area contributed by atoms with Gasteiger partial charge in [-0.25, -0.2) is 4.98 Å². The van der Waals surface area contributed by atoms with E-state index in [1.54, 1.807) is 11.9 Å². The number of carbonyl (C=O) groups is 1. The van der Waals surface area contributed by atoms with E-state index >= 15 is 0 Å². The Morgan fingerprint density at radius 2 is 1.89 bits per heavy atom. The van der Waals surface area contributed by atoms with Crippen molar-refractivity contribution in [1.29, 1.82) is 0 Å². The molecule has 3 rings (SSSR count). The fourth-order valence-corrected chi connectivity index (χ4v) is 3.12. The molecule has 0 unspecified atom stereocenters. The highest BCUT2D eigenvalue weighted by atomic mass is 16.5. The smallest absolute Gasteiger partial charge is 0.259 e. The van der Waals surface area contributed by atoms with Crippen molar-refractivity contribution in [2.24, 2.45) is 11.1 Å². The van der Waals surface area contributed by atoms with Crippen molar-refractivity contribution in [1.82, 2.24) is 15.0 Å². The molecule has 6 heteroatoms. The van der Waals surface area contributed by atoms with Crippen LogP contribution >= 0.6 is 0 Å². The van der Waals surface area contributed by atoms with Crippen molar-refractivity contribution in [3.8, 4) is 11.3 Å². The lowest BCUT2D eigenvalue weighted by molar-refractivity contribution is 0.0742. The van der Waals surface area contributed by atoms with Crippen molar-refractivity contribution in [2.75, 3.05) is 20.1 Å². The first kappa shape index (κ1) is 19.0. The Morgan fingerprint density at radius 3 is 2.52 bits per heavy atom. The zero-order chi connectivity index (χ0) is 19.8. The maximum absolute atomic E-state index is 13.2. The highest BCUT2D eigenvalue weighted by molar-refractivity contribution is 6.06. The fraction of sp³-hybridized carbons (Fsp3) is 0.381. The van der Waals surface area contributed by atoms with Crippen molar-refractivity contribution in [3.05, 3.63) is 47.2 Å². The van der Waals surface area contributed by atoms with Crippen LogP contribution in [0.5, 0.6) is 0 Å². The third kappa shape index (κ3) is 3.85. The van der Waals surface area contributed by atoms with Gasteiger partial charge in [0.25, 0.3) is 11.6 Å². The van der Waals surface area contributed by atoms with Gasteiger partial charge in [0.2, 0.25) is 0 Å². The van der Waals surface area contributed by atoms with Gasteiger partial charge in [0, 0.05) is 19.2 Å². The number of hydrogen-bond donors (Lipinski definition) is 1. The first-order valence-corrected chi connectivity index (χ1v) is 9.01. The Morgan fingerprint density at radius 1 is 1.22 bits per heavy atom. The third-order valence-corrected chi connectivity index (χ3v) is 4.76. The van der Waals surface area contributed by atoms with Gasteiger partial charge in [0.1, 0.15) is 0 Å². The van der Waals surface area contributed by atoms with Crippen molar-refractivity contribution in [2.45, 2.75) is 27.7 Å². The van der Waals surface area contributed by atoms with Crippen LogP contribution in [0.1, 0.15) is 35.5 Å². The van der Waals surface area contributed by atoms with Crippen LogP contribution in [0.4, 0.5) is 0 Å². The number of aryl methyl sites for hydroxylation is 2. The predicted octanol–water partition coefficient (Wildman–Crippen LogP) is 3.56. The molecule has 6 nitrogen and oxygen atoms in total. The molecule has 0 aliphatic rings. The zero-order valence-electron chi connectivity index (χ0n) is 16.5. The van der Waals surface area contributed by atoms with Crippen LogP contribution in [-0.4, -0.2) is 41.1 Å². The Kier molecular flexibility index (Phi) is 5.02. The van der Waals surface area contributed by atoms with Gasteiger partial charge in [-0.05, 0) is 31.9 Å². The lowest BCUT2D eigenvalue weighted by atomic mass is 9.93. The Bertz CT molecular complexity index is 974. The van der Waals surface area contributed by atoms with Crippen LogP contribution in [-0.2, 0) is 0 Å². The molecule has 2 aromatic heterocycles. The van der Waals surface area contributed by atoms with E-state index in [4.69, 9.17) is 10.3 Å². The molecule has 0 fully saturated rings. The zero-order valence-corrected chi connectivity index (χ0v) is 16.5. The number of aromatic nitrogens is 2. The van der Waals surface area contributed by atoms with Crippen LogP contribution in [0.15, 0.2) is 34.9 Å². The number of pyridine rings is 1. The van der Waals surface area contributed by atoms with Crippen LogP contribution in [0.3, 0.4) is 0 Å². The number of fused-ring (bicyclic) bond motifs is 1. The Labute approximate surface area is 159 Å². The number of rotatable bonds is 5. The molecule has 1 amide bonds. The fourth-order valence-electron chi connectivity index (χ4n) is 3.12. The number of amides is 1. The summed E-state index contributed by atoms with van der Waals surface area (Å²) in [5.74, 6) is -0.0939. The number of benzene rings is 1. The normalized spacial score (nSPS) is 11.8. The van der Waals surface area contributed by atoms with E-state index in [1.807, 2.05) is 58.0 Å². The first-order chi connectivity index (χ1) is 12.7.